The Labute approximate surface area is 147 Å². The summed E-state index contributed by atoms with van der Waals surface area (Å²) in [6.07, 6.45) is 3.17. The van der Waals surface area contributed by atoms with Crippen molar-refractivity contribution in [3.05, 3.63) is 41.0 Å². The number of hydrogen-bond acceptors (Lipinski definition) is 4. The molecule has 0 radical (unpaired) electrons. The van der Waals surface area contributed by atoms with Gasteiger partial charge in [-0.1, -0.05) is 0 Å². The topological polar surface area (TPSA) is 85.8 Å². The van der Waals surface area contributed by atoms with Crippen molar-refractivity contribution in [2.45, 2.75) is 26.3 Å². The van der Waals surface area contributed by atoms with Crippen LogP contribution in [0.4, 0.5) is 8.78 Å². The summed E-state index contributed by atoms with van der Waals surface area (Å²) in [5.74, 6) is -1.11. The molecule has 7 nitrogen and oxygen atoms in total. The van der Waals surface area contributed by atoms with Gasteiger partial charge < -0.3 is 5.11 Å². The van der Waals surface area contributed by atoms with Gasteiger partial charge in [0.25, 0.3) is 6.43 Å². The minimum absolute atomic E-state index is 0.00960. The maximum atomic E-state index is 13.0. The standard InChI is InChI=1S/C17H17F2N5O2/c1-9(2)24-16-13(7-20-24)12(17(25)26)6-11(21-16)5-4-10-8-23(3)22-14(10)15(18)19/h4-9,15H,1-3H3,(H,25,26). The summed E-state index contributed by atoms with van der Waals surface area (Å²) in [5, 5.41) is 17.8. The Balaban J connectivity index is 2.10. The van der Waals surface area contributed by atoms with Crippen molar-refractivity contribution in [2.75, 3.05) is 0 Å². The Morgan fingerprint density at radius 2 is 2.04 bits per heavy atom. The molecule has 3 aromatic rings. The first-order chi connectivity index (χ1) is 12.3. The molecular weight excluding hydrogens is 344 g/mol. The molecule has 0 fully saturated rings. The van der Waals surface area contributed by atoms with E-state index in [0.717, 1.165) is 0 Å². The van der Waals surface area contributed by atoms with Crippen molar-refractivity contribution in [3.8, 4) is 0 Å². The van der Waals surface area contributed by atoms with Crippen LogP contribution in [0.1, 0.15) is 53.6 Å². The smallest absolute Gasteiger partial charge is 0.336 e. The monoisotopic (exact) mass is 361 g/mol. The van der Waals surface area contributed by atoms with Crippen LogP contribution in [0.5, 0.6) is 0 Å². The lowest BCUT2D eigenvalue weighted by Gasteiger charge is -2.07. The number of aromatic carboxylic acids is 1. The molecule has 0 aromatic carbocycles. The van der Waals surface area contributed by atoms with E-state index in [9.17, 15) is 18.7 Å². The minimum Gasteiger partial charge on any atom is -0.478 e. The summed E-state index contributed by atoms with van der Waals surface area (Å²) in [5.41, 5.74) is 0.733. The van der Waals surface area contributed by atoms with Crippen LogP contribution in [-0.4, -0.2) is 35.6 Å². The number of halogens is 2. The molecule has 26 heavy (non-hydrogen) atoms. The largest absolute Gasteiger partial charge is 0.478 e. The van der Waals surface area contributed by atoms with Crippen molar-refractivity contribution in [1.82, 2.24) is 24.5 Å². The highest BCUT2D eigenvalue weighted by molar-refractivity contribution is 6.02. The highest BCUT2D eigenvalue weighted by atomic mass is 19.3. The van der Waals surface area contributed by atoms with Gasteiger partial charge >= 0.3 is 5.97 Å². The first kappa shape index (κ1) is 17.7. The van der Waals surface area contributed by atoms with E-state index in [0.29, 0.717) is 16.7 Å². The van der Waals surface area contributed by atoms with Gasteiger partial charge in [0, 0.05) is 24.8 Å². The van der Waals surface area contributed by atoms with Crippen LogP contribution in [-0.2, 0) is 7.05 Å². The highest BCUT2D eigenvalue weighted by Crippen LogP contribution is 2.24. The molecule has 9 heteroatoms. The Kier molecular flexibility index (Phi) is 4.54. The van der Waals surface area contributed by atoms with Gasteiger partial charge in [0.2, 0.25) is 0 Å². The molecule has 136 valence electrons. The molecule has 0 aliphatic carbocycles. The molecule has 1 N–H and O–H groups in total. The molecule has 0 aliphatic heterocycles. The molecule has 3 aromatic heterocycles. The SMILES string of the molecule is CC(C)n1ncc2c(C(=O)O)cc(C=Cc3cn(C)nc3C(F)F)nc21. The van der Waals surface area contributed by atoms with Crippen LogP contribution < -0.4 is 0 Å². The molecule has 0 bridgehead atoms. The van der Waals surface area contributed by atoms with Crippen LogP contribution >= 0.6 is 0 Å². The van der Waals surface area contributed by atoms with E-state index in [1.54, 1.807) is 11.7 Å². The Morgan fingerprint density at radius 3 is 2.65 bits per heavy atom. The molecule has 0 amide bonds. The molecule has 0 unspecified atom stereocenters. The second kappa shape index (κ2) is 6.66. The summed E-state index contributed by atoms with van der Waals surface area (Å²) in [7, 11) is 1.55. The van der Waals surface area contributed by atoms with Crippen LogP contribution in [0.2, 0.25) is 0 Å². The van der Waals surface area contributed by atoms with Crippen molar-refractivity contribution < 1.29 is 18.7 Å². The predicted molar refractivity (Wildman–Crippen MR) is 92.0 cm³/mol. The van der Waals surface area contributed by atoms with E-state index in [-0.39, 0.29) is 22.9 Å². The fourth-order valence-corrected chi connectivity index (χ4v) is 2.67. The van der Waals surface area contributed by atoms with Crippen LogP contribution in [0.25, 0.3) is 23.2 Å². The first-order valence-electron chi connectivity index (χ1n) is 7.89. The number of carbonyl (C=O) groups is 1. The van der Waals surface area contributed by atoms with Crippen LogP contribution in [0.15, 0.2) is 18.5 Å². The number of aromatic nitrogens is 5. The molecule has 0 saturated heterocycles. The van der Waals surface area contributed by atoms with E-state index in [2.05, 4.69) is 15.2 Å². The van der Waals surface area contributed by atoms with Gasteiger partial charge in [-0.3, -0.25) is 4.68 Å². The van der Waals surface area contributed by atoms with Gasteiger partial charge in [-0.2, -0.15) is 10.2 Å². The zero-order valence-electron chi connectivity index (χ0n) is 14.4. The van der Waals surface area contributed by atoms with Crippen LogP contribution in [0, 0.1) is 0 Å². The van der Waals surface area contributed by atoms with Gasteiger partial charge in [-0.05, 0) is 32.1 Å². The third-order valence-corrected chi connectivity index (χ3v) is 3.83. The third-order valence-electron chi connectivity index (χ3n) is 3.83. The van der Waals surface area contributed by atoms with Gasteiger partial charge in [-0.25, -0.2) is 23.2 Å². The van der Waals surface area contributed by atoms with Crippen molar-refractivity contribution in [3.63, 3.8) is 0 Å². The lowest BCUT2D eigenvalue weighted by Crippen LogP contribution is -2.05. The molecular formula is C17H17F2N5O2. The fourth-order valence-electron chi connectivity index (χ4n) is 2.67. The van der Waals surface area contributed by atoms with E-state index in [1.807, 2.05) is 13.8 Å². The molecule has 0 saturated carbocycles. The summed E-state index contributed by atoms with van der Waals surface area (Å²) in [4.78, 5) is 16.0. The third kappa shape index (κ3) is 3.19. The fraction of sp³-hybridized carbons (Fsp3) is 0.294. The zero-order valence-corrected chi connectivity index (χ0v) is 14.4. The lowest BCUT2D eigenvalue weighted by atomic mass is 10.1. The number of carboxylic acid groups (broad SMARTS) is 1. The molecule has 3 heterocycles. The Bertz CT molecular complexity index is 1000. The minimum atomic E-state index is -2.71. The quantitative estimate of drug-likeness (QED) is 0.751. The number of rotatable bonds is 5. The number of carboxylic acids is 1. The number of alkyl halides is 2. The molecule has 0 aliphatic rings. The van der Waals surface area contributed by atoms with Gasteiger partial charge in [0.1, 0.15) is 5.69 Å². The molecule has 0 atom stereocenters. The summed E-state index contributed by atoms with van der Waals surface area (Å²) in [6, 6.07) is 1.39. The maximum Gasteiger partial charge on any atom is 0.336 e. The van der Waals surface area contributed by atoms with E-state index in [4.69, 9.17) is 0 Å². The molecule has 3 rings (SSSR count). The van der Waals surface area contributed by atoms with Crippen LogP contribution in [0.3, 0.4) is 0 Å². The first-order valence-corrected chi connectivity index (χ1v) is 7.89. The maximum absolute atomic E-state index is 13.0. The second-order valence-corrected chi connectivity index (χ2v) is 6.10. The zero-order chi connectivity index (χ0) is 19.0. The normalized spacial score (nSPS) is 12.1. The number of nitrogens with zero attached hydrogens (tertiary/aromatic N) is 5. The summed E-state index contributed by atoms with van der Waals surface area (Å²) in [6.45, 7) is 3.81. The number of aryl methyl sites for hydroxylation is 1. The highest BCUT2D eigenvalue weighted by Gasteiger charge is 2.18. The van der Waals surface area contributed by atoms with Gasteiger partial charge in [-0.15, -0.1) is 0 Å². The number of pyridine rings is 1. The Hall–Kier alpha value is -3.10. The summed E-state index contributed by atoms with van der Waals surface area (Å²) < 4.78 is 29.0. The Morgan fingerprint density at radius 1 is 1.31 bits per heavy atom. The van der Waals surface area contributed by atoms with Crippen molar-refractivity contribution in [1.29, 1.82) is 0 Å². The van der Waals surface area contributed by atoms with E-state index in [1.165, 1.54) is 35.3 Å². The summed E-state index contributed by atoms with van der Waals surface area (Å²) >= 11 is 0. The average Bonchev–Trinajstić information content (AvgIpc) is 3.15. The van der Waals surface area contributed by atoms with Gasteiger partial charge in [0.05, 0.1) is 22.8 Å². The average molecular weight is 361 g/mol. The van der Waals surface area contributed by atoms with E-state index >= 15 is 0 Å². The molecule has 0 spiro atoms. The van der Waals surface area contributed by atoms with Gasteiger partial charge in [0.15, 0.2) is 5.65 Å². The lowest BCUT2D eigenvalue weighted by molar-refractivity contribution is 0.0699. The second-order valence-electron chi connectivity index (χ2n) is 6.10. The van der Waals surface area contributed by atoms with E-state index < -0.39 is 12.4 Å². The van der Waals surface area contributed by atoms with Crippen molar-refractivity contribution >= 4 is 29.2 Å². The number of fused-ring (bicyclic) bond motifs is 1. The van der Waals surface area contributed by atoms with Crippen molar-refractivity contribution in [2.24, 2.45) is 7.05 Å². The number of hydrogen-bond donors (Lipinski definition) is 1. The predicted octanol–water partition coefficient (Wildman–Crippen LogP) is 3.55.